The van der Waals surface area contributed by atoms with Gasteiger partial charge in [0.25, 0.3) is 0 Å². The van der Waals surface area contributed by atoms with Gasteiger partial charge in [-0.15, -0.1) is 11.3 Å². The van der Waals surface area contributed by atoms with Gasteiger partial charge in [0, 0.05) is 13.0 Å². The van der Waals surface area contributed by atoms with Crippen molar-refractivity contribution in [1.29, 1.82) is 0 Å². The molecule has 0 aromatic carbocycles. The van der Waals surface area contributed by atoms with Gasteiger partial charge < -0.3 is 4.90 Å². The molecule has 0 fully saturated rings. The van der Waals surface area contributed by atoms with Crippen molar-refractivity contribution in [3.63, 3.8) is 0 Å². The Bertz CT molecular complexity index is 291. The van der Waals surface area contributed by atoms with Crippen LogP contribution >= 0.6 is 11.3 Å². The third kappa shape index (κ3) is 3.28. The second kappa shape index (κ2) is 4.53. The Balaban J connectivity index is 2.49. The van der Waals surface area contributed by atoms with Crippen LogP contribution in [-0.4, -0.2) is 31.3 Å². The number of hydrogen-bond donors (Lipinski definition) is 0. The number of rotatable bonds is 4. The van der Waals surface area contributed by atoms with Crippen molar-refractivity contribution >= 4 is 17.1 Å². The van der Waals surface area contributed by atoms with Gasteiger partial charge in [-0.1, -0.05) is 0 Å². The molecule has 1 aromatic heterocycles. The number of hydrogen-bond acceptors (Lipinski definition) is 3. The lowest BCUT2D eigenvalue weighted by molar-refractivity contribution is 0.0976. The summed E-state index contributed by atoms with van der Waals surface area (Å²) in [5.74, 6) is 0.256. The Hall–Kier alpha value is -0.670. The monoisotopic (exact) mass is 197 g/mol. The van der Waals surface area contributed by atoms with Crippen LogP contribution in [0.3, 0.4) is 0 Å². The van der Waals surface area contributed by atoms with E-state index in [4.69, 9.17) is 0 Å². The molecule has 0 N–H and O–H groups in total. The van der Waals surface area contributed by atoms with Crippen molar-refractivity contribution in [3.8, 4) is 0 Å². The first kappa shape index (κ1) is 10.4. The molecule has 0 saturated carbocycles. The molecule has 72 valence electrons. The molecule has 13 heavy (non-hydrogen) atoms. The molecule has 0 aliphatic carbocycles. The molecule has 0 saturated heterocycles. The van der Waals surface area contributed by atoms with Crippen LogP contribution in [0.25, 0.3) is 0 Å². The highest BCUT2D eigenvalue weighted by molar-refractivity contribution is 7.12. The summed E-state index contributed by atoms with van der Waals surface area (Å²) < 4.78 is 0. The van der Waals surface area contributed by atoms with Gasteiger partial charge in [-0.3, -0.25) is 4.79 Å². The normalized spacial score (nSPS) is 10.8. The van der Waals surface area contributed by atoms with Crippen LogP contribution in [0.1, 0.15) is 21.7 Å². The molecule has 2 nitrogen and oxygen atoms in total. The molecule has 0 aliphatic heterocycles. The first-order chi connectivity index (χ1) is 6.09. The number of ketones is 1. The number of thiophene rings is 1. The predicted molar refractivity (Wildman–Crippen MR) is 56.6 cm³/mol. The maximum absolute atomic E-state index is 11.5. The van der Waals surface area contributed by atoms with E-state index in [9.17, 15) is 4.79 Å². The molecular weight excluding hydrogens is 182 g/mol. The minimum Gasteiger partial charge on any atom is -0.309 e. The van der Waals surface area contributed by atoms with Gasteiger partial charge in [0.15, 0.2) is 5.78 Å². The lowest BCUT2D eigenvalue weighted by Gasteiger charge is -2.06. The van der Waals surface area contributed by atoms with Crippen LogP contribution in [0.5, 0.6) is 0 Å². The summed E-state index contributed by atoms with van der Waals surface area (Å²) in [5, 5.41) is 2.02. The van der Waals surface area contributed by atoms with E-state index in [0.717, 1.165) is 11.4 Å². The lowest BCUT2D eigenvalue weighted by Crippen LogP contribution is -2.16. The Labute approximate surface area is 83.2 Å². The van der Waals surface area contributed by atoms with Gasteiger partial charge in [-0.05, 0) is 38.0 Å². The summed E-state index contributed by atoms with van der Waals surface area (Å²) in [4.78, 5) is 14.5. The van der Waals surface area contributed by atoms with Crippen molar-refractivity contribution in [3.05, 3.63) is 21.9 Å². The van der Waals surface area contributed by atoms with Gasteiger partial charge in [-0.25, -0.2) is 0 Å². The zero-order chi connectivity index (χ0) is 9.84. The van der Waals surface area contributed by atoms with Crippen LogP contribution in [-0.2, 0) is 0 Å². The van der Waals surface area contributed by atoms with E-state index in [1.807, 2.05) is 37.4 Å². The minimum absolute atomic E-state index is 0.256. The van der Waals surface area contributed by atoms with E-state index < -0.39 is 0 Å². The summed E-state index contributed by atoms with van der Waals surface area (Å²) in [6, 6.07) is 1.96. The summed E-state index contributed by atoms with van der Waals surface area (Å²) >= 11 is 1.54. The molecule has 0 amide bonds. The average molecular weight is 197 g/mol. The maximum atomic E-state index is 11.5. The topological polar surface area (TPSA) is 20.3 Å². The highest BCUT2D eigenvalue weighted by atomic mass is 32.1. The Kier molecular flexibility index (Phi) is 3.63. The highest BCUT2D eigenvalue weighted by Gasteiger charge is 2.07. The number of Topliss-reactive ketones (excluding diaryl/α,β-unsaturated/α-hetero) is 1. The molecule has 1 heterocycles. The van der Waals surface area contributed by atoms with Gasteiger partial charge in [-0.2, -0.15) is 0 Å². The average Bonchev–Trinajstić information content (AvgIpc) is 2.47. The molecule has 0 radical (unpaired) electrons. The largest absolute Gasteiger partial charge is 0.309 e. The Morgan fingerprint density at radius 3 is 2.69 bits per heavy atom. The molecule has 0 atom stereocenters. The lowest BCUT2D eigenvalue weighted by atomic mass is 10.2. The van der Waals surface area contributed by atoms with Gasteiger partial charge >= 0.3 is 0 Å². The molecule has 3 heteroatoms. The van der Waals surface area contributed by atoms with Crippen LogP contribution in [0.15, 0.2) is 11.4 Å². The minimum atomic E-state index is 0.256. The Morgan fingerprint density at radius 1 is 1.54 bits per heavy atom. The van der Waals surface area contributed by atoms with E-state index in [1.165, 1.54) is 5.56 Å². The third-order valence-electron chi connectivity index (χ3n) is 1.79. The fourth-order valence-corrected chi connectivity index (χ4v) is 1.89. The molecular formula is C10H15NOS. The van der Waals surface area contributed by atoms with E-state index in [2.05, 4.69) is 0 Å². The summed E-state index contributed by atoms with van der Waals surface area (Å²) in [6.45, 7) is 2.84. The first-order valence-electron chi connectivity index (χ1n) is 4.32. The van der Waals surface area contributed by atoms with Crippen LogP contribution in [0.2, 0.25) is 0 Å². The molecule has 1 rings (SSSR count). The summed E-state index contributed by atoms with van der Waals surface area (Å²) in [7, 11) is 3.96. The fourth-order valence-electron chi connectivity index (χ4n) is 1.03. The SMILES string of the molecule is Cc1csc(C(=O)CCN(C)C)c1. The standard InChI is InChI=1S/C10H15NOS/c1-8-6-10(13-7-8)9(12)4-5-11(2)3/h6-7H,4-5H2,1-3H3. The van der Waals surface area contributed by atoms with E-state index in [-0.39, 0.29) is 5.78 Å². The van der Waals surface area contributed by atoms with Crippen molar-refractivity contribution < 1.29 is 4.79 Å². The van der Waals surface area contributed by atoms with Crippen LogP contribution in [0, 0.1) is 6.92 Å². The smallest absolute Gasteiger partial charge is 0.174 e. The molecule has 1 aromatic rings. The van der Waals surface area contributed by atoms with Crippen molar-refractivity contribution in [2.45, 2.75) is 13.3 Å². The maximum Gasteiger partial charge on any atom is 0.174 e. The van der Waals surface area contributed by atoms with E-state index in [1.54, 1.807) is 11.3 Å². The number of aryl methyl sites for hydroxylation is 1. The Morgan fingerprint density at radius 2 is 2.23 bits per heavy atom. The first-order valence-corrected chi connectivity index (χ1v) is 5.20. The predicted octanol–water partition coefficient (Wildman–Crippen LogP) is 2.19. The van der Waals surface area contributed by atoms with E-state index >= 15 is 0 Å². The molecule has 0 bridgehead atoms. The van der Waals surface area contributed by atoms with E-state index in [0.29, 0.717) is 6.42 Å². The zero-order valence-corrected chi connectivity index (χ0v) is 9.15. The van der Waals surface area contributed by atoms with Crippen LogP contribution < -0.4 is 0 Å². The number of carbonyl (C=O) groups excluding carboxylic acids is 1. The highest BCUT2D eigenvalue weighted by Crippen LogP contribution is 2.15. The quantitative estimate of drug-likeness (QED) is 0.690. The zero-order valence-electron chi connectivity index (χ0n) is 8.33. The van der Waals surface area contributed by atoms with Crippen molar-refractivity contribution in [2.24, 2.45) is 0 Å². The molecule has 0 spiro atoms. The summed E-state index contributed by atoms with van der Waals surface area (Å²) in [6.07, 6.45) is 0.618. The van der Waals surface area contributed by atoms with Crippen molar-refractivity contribution in [1.82, 2.24) is 4.90 Å². The fraction of sp³-hybridized carbons (Fsp3) is 0.500. The van der Waals surface area contributed by atoms with Gasteiger partial charge in [0.05, 0.1) is 4.88 Å². The van der Waals surface area contributed by atoms with Gasteiger partial charge in [0.1, 0.15) is 0 Å². The number of carbonyl (C=O) groups is 1. The molecule has 0 unspecified atom stereocenters. The second-order valence-corrected chi connectivity index (χ2v) is 4.38. The third-order valence-corrected chi connectivity index (χ3v) is 2.88. The summed E-state index contributed by atoms with van der Waals surface area (Å²) in [5.41, 5.74) is 1.18. The second-order valence-electron chi connectivity index (χ2n) is 3.46. The number of nitrogens with zero attached hydrogens (tertiary/aromatic N) is 1. The van der Waals surface area contributed by atoms with Crippen molar-refractivity contribution in [2.75, 3.05) is 20.6 Å². The van der Waals surface area contributed by atoms with Gasteiger partial charge in [0.2, 0.25) is 0 Å². The molecule has 0 aliphatic rings. The van der Waals surface area contributed by atoms with Crippen LogP contribution in [0.4, 0.5) is 0 Å².